The molecule has 0 unspecified atom stereocenters. The largest absolute Gasteiger partial charge is 0.493 e. The van der Waals surface area contributed by atoms with Crippen molar-refractivity contribution in [2.75, 3.05) is 13.2 Å². The third-order valence-corrected chi connectivity index (χ3v) is 3.31. The van der Waals surface area contributed by atoms with Gasteiger partial charge in [-0.05, 0) is 18.9 Å². The summed E-state index contributed by atoms with van der Waals surface area (Å²) in [4.78, 5) is 0. The lowest BCUT2D eigenvalue weighted by Crippen LogP contribution is -2.41. The van der Waals surface area contributed by atoms with E-state index in [0.29, 0.717) is 0 Å². The number of ether oxygens (including phenoxy) is 2. The zero-order chi connectivity index (χ0) is 14.1. The fourth-order valence-electron chi connectivity index (χ4n) is 2.09. The van der Waals surface area contributed by atoms with Gasteiger partial charge in [-0.2, -0.15) is 0 Å². The fraction of sp³-hybridized carbons (Fsp3) is 0.857. The van der Waals surface area contributed by atoms with Gasteiger partial charge in [0.2, 0.25) is 0 Å². The van der Waals surface area contributed by atoms with E-state index in [9.17, 15) is 15.3 Å². The number of rotatable bonds is 9. The normalized spacial score (nSPS) is 28.9. The van der Waals surface area contributed by atoms with Crippen LogP contribution in [0.2, 0.25) is 0 Å². The van der Waals surface area contributed by atoms with E-state index in [-0.39, 0.29) is 13.2 Å². The molecule has 5 heteroatoms. The van der Waals surface area contributed by atoms with Crippen molar-refractivity contribution in [1.82, 2.24) is 0 Å². The van der Waals surface area contributed by atoms with Gasteiger partial charge in [0.05, 0.1) is 19.5 Å². The summed E-state index contributed by atoms with van der Waals surface area (Å²) in [5, 5.41) is 28.3. The van der Waals surface area contributed by atoms with Gasteiger partial charge >= 0.3 is 0 Å². The van der Waals surface area contributed by atoms with Crippen molar-refractivity contribution >= 4 is 0 Å². The maximum absolute atomic E-state index is 9.67. The molecule has 1 aliphatic rings. The number of unbranched alkanes of at least 4 members (excludes halogenated alkanes) is 4. The van der Waals surface area contributed by atoms with Crippen LogP contribution in [0.15, 0.2) is 12.3 Å². The van der Waals surface area contributed by atoms with Gasteiger partial charge in [0, 0.05) is 0 Å². The predicted octanol–water partition coefficient (Wildman–Crippen LogP) is 0.969. The molecule has 0 spiro atoms. The Morgan fingerprint density at radius 2 is 2.11 bits per heavy atom. The van der Waals surface area contributed by atoms with Crippen molar-refractivity contribution < 1.29 is 24.8 Å². The van der Waals surface area contributed by atoms with E-state index >= 15 is 0 Å². The number of aliphatic hydroxyl groups is 3. The standard InChI is InChI=1S/C14H26O5/c1-2-3-4-5-6-7-8-18-12(9-15)14-13(17)11(16)10-19-14/h7-8,11-17H,2-6,9-10H2,1H3/b8-7+/t11-,12+,13-,14-/m1/s1. The molecule has 0 radical (unpaired) electrons. The molecule has 19 heavy (non-hydrogen) atoms. The van der Waals surface area contributed by atoms with Crippen LogP contribution in [0.4, 0.5) is 0 Å². The minimum absolute atomic E-state index is 0.0758. The summed E-state index contributed by atoms with van der Waals surface area (Å²) in [6.45, 7) is 1.99. The highest BCUT2D eigenvalue weighted by atomic mass is 16.6. The number of aliphatic hydroxyl groups excluding tert-OH is 3. The quantitative estimate of drug-likeness (QED) is 0.431. The first-order valence-electron chi connectivity index (χ1n) is 7.09. The summed E-state index contributed by atoms with van der Waals surface area (Å²) >= 11 is 0. The van der Waals surface area contributed by atoms with E-state index in [4.69, 9.17) is 9.47 Å². The maximum atomic E-state index is 9.67. The average Bonchev–Trinajstić information content (AvgIpc) is 2.74. The monoisotopic (exact) mass is 274 g/mol. The van der Waals surface area contributed by atoms with E-state index in [0.717, 1.165) is 12.8 Å². The van der Waals surface area contributed by atoms with E-state index < -0.39 is 24.4 Å². The van der Waals surface area contributed by atoms with Crippen LogP contribution in [0.1, 0.15) is 39.0 Å². The molecule has 0 aromatic heterocycles. The number of hydrogen-bond acceptors (Lipinski definition) is 5. The van der Waals surface area contributed by atoms with Gasteiger partial charge in [-0.15, -0.1) is 0 Å². The number of allylic oxidation sites excluding steroid dienone is 1. The first-order valence-corrected chi connectivity index (χ1v) is 7.09. The zero-order valence-corrected chi connectivity index (χ0v) is 11.6. The second-order valence-electron chi connectivity index (χ2n) is 4.93. The van der Waals surface area contributed by atoms with Crippen molar-refractivity contribution in [3.63, 3.8) is 0 Å². The molecule has 0 aliphatic carbocycles. The highest BCUT2D eigenvalue weighted by molar-refractivity contribution is 4.90. The molecule has 1 aliphatic heterocycles. The van der Waals surface area contributed by atoms with Crippen LogP contribution < -0.4 is 0 Å². The average molecular weight is 274 g/mol. The SMILES string of the molecule is CCCCCC/C=C/O[C@@H](CO)[C@H]1OC[C@@H](O)[C@H]1O. The molecule has 112 valence electrons. The predicted molar refractivity (Wildman–Crippen MR) is 71.6 cm³/mol. The second kappa shape index (κ2) is 9.31. The summed E-state index contributed by atoms with van der Waals surface area (Å²) < 4.78 is 10.6. The Morgan fingerprint density at radius 3 is 2.68 bits per heavy atom. The van der Waals surface area contributed by atoms with Gasteiger partial charge in [0.1, 0.15) is 24.4 Å². The molecule has 0 bridgehead atoms. The Labute approximate surface area is 114 Å². The Hall–Kier alpha value is -0.620. The van der Waals surface area contributed by atoms with E-state index in [1.807, 2.05) is 6.08 Å². The summed E-state index contributed by atoms with van der Waals surface area (Å²) in [5.41, 5.74) is 0. The summed E-state index contributed by atoms with van der Waals surface area (Å²) in [6, 6.07) is 0. The van der Waals surface area contributed by atoms with Crippen molar-refractivity contribution in [2.24, 2.45) is 0 Å². The molecule has 0 amide bonds. The highest BCUT2D eigenvalue weighted by Crippen LogP contribution is 2.19. The Morgan fingerprint density at radius 1 is 1.32 bits per heavy atom. The van der Waals surface area contributed by atoms with Gasteiger partial charge in [0.25, 0.3) is 0 Å². The van der Waals surface area contributed by atoms with Crippen LogP contribution in [-0.4, -0.2) is 52.9 Å². The molecule has 0 saturated carbocycles. The number of hydrogen-bond donors (Lipinski definition) is 3. The van der Waals surface area contributed by atoms with Gasteiger partial charge in [-0.25, -0.2) is 0 Å². The molecule has 3 N–H and O–H groups in total. The molecule has 1 saturated heterocycles. The first kappa shape index (κ1) is 16.4. The Kier molecular flexibility index (Phi) is 8.05. The second-order valence-corrected chi connectivity index (χ2v) is 4.93. The first-order chi connectivity index (χ1) is 9.20. The lowest BCUT2D eigenvalue weighted by atomic mass is 10.1. The van der Waals surface area contributed by atoms with Crippen molar-refractivity contribution in [2.45, 2.75) is 63.4 Å². The van der Waals surface area contributed by atoms with Gasteiger partial charge < -0.3 is 24.8 Å². The third kappa shape index (κ3) is 5.48. The molecule has 0 aromatic rings. The van der Waals surface area contributed by atoms with Crippen LogP contribution in [0.5, 0.6) is 0 Å². The summed E-state index contributed by atoms with van der Waals surface area (Å²) in [5.74, 6) is 0. The Balaban J connectivity index is 2.23. The smallest absolute Gasteiger partial charge is 0.149 e. The molecule has 0 aromatic carbocycles. The van der Waals surface area contributed by atoms with Crippen molar-refractivity contribution in [3.8, 4) is 0 Å². The minimum Gasteiger partial charge on any atom is -0.493 e. The van der Waals surface area contributed by atoms with Crippen LogP contribution >= 0.6 is 0 Å². The van der Waals surface area contributed by atoms with Crippen LogP contribution in [0.25, 0.3) is 0 Å². The maximum Gasteiger partial charge on any atom is 0.149 e. The Bertz CT molecular complexity index is 256. The zero-order valence-electron chi connectivity index (χ0n) is 11.6. The van der Waals surface area contributed by atoms with Crippen LogP contribution in [0, 0.1) is 0 Å². The summed E-state index contributed by atoms with van der Waals surface area (Å²) in [7, 11) is 0. The molecular formula is C14H26O5. The third-order valence-electron chi connectivity index (χ3n) is 3.31. The van der Waals surface area contributed by atoms with Gasteiger partial charge in [0.15, 0.2) is 0 Å². The van der Waals surface area contributed by atoms with E-state index in [1.54, 1.807) is 6.26 Å². The highest BCUT2D eigenvalue weighted by Gasteiger charge is 2.40. The molecule has 4 atom stereocenters. The van der Waals surface area contributed by atoms with Crippen molar-refractivity contribution in [1.29, 1.82) is 0 Å². The van der Waals surface area contributed by atoms with Gasteiger partial charge in [-0.3, -0.25) is 0 Å². The molecular weight excluding hydrogens is 248 g/mol. The topological polar surface area (TPSA) is 79.2 Å². The summed E-state index contributed by atoms with van der Waals surface area (Å²) in [6.07, 6.45) is 5.97. The minimum atomic E-state index is -1.00. The van der Waals surface area contributed by atoms with E-state index in [2.05, 4.69) is 6.92 Å². The van der Waals surface area contributed by atoms with E-state index in [1.165, 1.54) is 19.3 Å². The lowest BCUT2D eigenvalue weighted by molar-refractivity contribution is -0.0737. The van der Waals surface area contributed by atoms with Gasteiger partial charge in [-0.1, -0.05) is 26.2 Å². The molecule has 1 heterocycles. The van der Waals surface area contributed by atoms with Crippen LogP contribution in [-0.2, 0) is 9.47 Å². The fourth-order valence-corrected chi connectivity index (χ4v) is 2.09. The van der Waals surface area contributed by atoms with Crippen LogP contribution in [0.3, 0.4) is 0 Å². The molecule has 1 fully saturated rings. The lowest BCUT2D eigenvalue weighted by Gasteiger charge is -2.23. The molecule has 5 nitrogen and oxygen atoms in total. The van der Waals surface area contributed by atoms with Crippen molar-refractivity contribution in [3.05, 3.63) is 12.3 Å². The molecule has 1 rings (SSSR count).